The van der Waals surface area contributed by atoms with E-state index in [9.17, 15) is 4.79 Å². The van der Waals surface area contributed by atoms with Gasteiger partial charge in [0.25, 0.3) is 0 Å². The van der Waals surface area contributed by atoms with Gasteiger partial charge < -0.3 is 4.98 Å². The molecule has 1 amide bonds. The van der Waals surface area contributed by atoms with Crippen LogP contribution >= 0.6 is 0 Å². The Hall–Kier alpha value is -2.32. The van der Waals surface area contributed by atoms with E-state index in [-0.39, 0.29) is 5.91 Å². The topological polar surface area (TPSA) is 80.7 Å². The van der Waals surface area contributed by atoms with Crippen LogP contribution in [0.1, 0.15) is 12.0 Å². The maximum absolute atomic E-state index is 11.6. The first kappa shape index (κ1) is 12.1. The number of hydrogen-bond donors (Lipinski definition) is 3. The number of carbonyl (C=O) groups excluding carboxylic acids is 1. The molecule has 1 heterocycles. The molecule has 0 radical (unpaired) electrons. The maximum Gasteiger partial charge on any atom is 0.238 e. The predicted octanol–water partition coefficient (Wildman–Crippen LogP) is 1.24. The second-order valence-corrected chi connectivity index (χ2v) is 3.92. The Balaban J connectivity index is 1.93. The highest BCUT2D eigenvalue weighted by Crippen LogP contribution is 2.17. The number of nitrogens with one attached hydrogen (secondary N) is 3. The van der Waals surface area contributed by atoms with Gasteiger partial charge in [0, 0.05) is 30.1 Å². The number of hydrogen-bond acceptors (Lipinski definition) is 3. The van der Waals surface area contributed by atoms with Gasteiger partial charge in [-0.3, -0.25) is 10.2 Å². The fourth-order valence-corrected chi connectivity index (χ4v) is 1.77. The van der Waals surface area contributed by atoms with Crippen LogP contribution in [0.4, 0.5) is 0 Å². The number of para-hydroxylation sites is 1. The summed E-state index contributed by atoms with van der Waals surface area (Å²) < 4.78 is 0. The molecule has 3 N–H and O–H groups in total. The van der Waals surface area contributed by atoms with Gasteiger partial charge in [0.15, 0.2) is 0 Å². The molecule has 5 heteroatoms. The number of hydrazine groups is 1. The molecule has 0 fully saturated rings. The van der Waals surface area contributed by atoms with Gasteiger partial charge in [-0.05, 0) is 11.6 Å². The van der Waals surface area contributed by atoms with Crippen molar-refractivity contribution in [3.8, 4) is 6.07 Å². The molecule has 0 spiro atoms. The minimum absolute atomic E-state index is 0.113. The Labute approximate surface area is 105 Å². The molecule has 2 aromatic rings. The van der Waals surface area contributed by atoms with E-state index in [1.807, 2.05) is 36.5 Å². The van der Waals surface area contributed by atoms with Crippen molar-refractivity contribution in [1.82, 2.24) is 15.8 Å². The lowest BCUT2D eigenvalue weighted by Gasteiger charge is -2.04. The van der Waals surface area contributed by atoms with Crippen molar-refractivity contribution in [3.05, 3.63) is 36.0 Å². The van der Waals surface area contributed by atoms with E-state index in [1.165, 1.54) is 0 Å². The van der Waals surface area contributed by atoms with Gasteiger partial charge in [0.2, 0.25) is 5.91 Å². The fraction of sp³-hybridized carbons (Fsp3) is 0.231. The smallest absolute Gasteiger partial charge is 0.238 e. The molecule has 2 rings (SSSR count). The molecule has 5 nitrogen and oxygen atoms in total. The molecule has 1 aromatic heterocycles. The van der Waals surface area contributed by atoms with Gasteiger partial charge >= 0.3 is 0 Å². The molecule has 0 bridgehead atoms. The van der Waals surface area contributed by atoms with Gasteiger partial charge in [-0.1, -0.05) is 18.2 Å². The Bertz CT molecular complexity index is 582. The fourth-order valence-electron chi connectivity index (χ4n) is 1.77. The van der Waals surface area contributed by atoms with Crippen LogP contribution in [0, 0.1) is 11.3 Å². The molecular weight excluding hydrogens is 228 g/mol. The molecule has 18 heavy (non-hydrogen) atoms. The molecule has 0 saturated carbocycles. The summed E-state index contributed by atoms with van der Waals surface area (Å²) in [6, 6.07) is 9.85. The molecule has 0 aliphatic rings. The molecule has 92 valence electrons. The molecule has 0 aliphatic carbocycles. The number of rotatable bonds is 5. The van der Waals surface area contributed by atoms with Crippen molar-refractivity contribution in [2.24, 2.45) is 0 Å². The minimum atomic E-state index is -0.113. The SMILES string of the molecule is N#CCCNNC(=O)Cc1c[nH]c2ccccc12. The van der Waals surface area contributed by atoms with Crippen molar-refractivity contribution >= 4 is 16.8 Å². The van der Waals surface area contributed by atoms with E-state index in [0.717, 1.165) is 16.5 Å². The van der Waals surface area contributed by atoms with E-state index in [0.29, 0.717) is 19.4 Å². The number of carbonyl (C=O) groups is 1. The Morgan fingerprint density at radius 3 is 3.06 bits per heavy atom. The van der Waals surface area contributed by atoms with Gasteiger partial charge in [-0.25, -0.2) is 5.43 Å². The summed E-state index contributed by atoms with van der Waals surface area (Å²) in [4.78, 5) is 14.8. The summed E-state index contributed by atoms with van der Waals surface area (Å²) in [6.45, 7) is 0.454. The first-order chi connectivity index (χ1) is 8.81. The average molecular weight is 242 g/mol. The lowest BCUT2D eigenvalue weighted by atomic mass is 10.1. The van der Waals surface area contributed by atoms with Crippen LogP contribution < -0.4 is 10.9 Å². The quantitative estimate of drug-likeness (QED) is 0.545. The highest BCUT2D eigenvalue weighted by molar-refractivity contribution is 5.88. The number of nitrogens with zero attached hydrogens (tertiary/aromatic N) is 1. The second kappa shape index (κ2) is 5.84. The summed E-state index contributed by atoms with van der Waals surface area (Å²) in [7, 11) is 0. The van der Waals surface area contributed by atoms with Crippen LogP contribution in [-0.4, -0.2) is 17.4 Å². The Morgan fingerprint density at radius 1 is 1.39 bits per heavy atom. The zero-order chi connectivity index (χ0) is 12.8. The van der Waals surface area contributed by atoms with E-state index < -0.39 is 0 Å². The number of aromatic amines is 1. The first-order valence-electron chi connectivity index (χ1n) is 5.75. The third-order valence-electron chi connectivity index (χ3n) is 2.62. The summed E-state index contributed by atoms with van der Waals surface area (Å²) in [6.07, 6.45) is 2.52. The molecule has 0 saturated heterocycles. The zero-order valence-corrected chi connectivity index (χ0v) is 9.86. The Morgan fingerprint density at radius 2 is 2.22 bits per heavy atom. The average Bonchev–Trinajstić information content (AvgIpc) is 2.78. The van der Waals surface area contributed by atoms with E-state index in [1.54, 1.807) is 0 Å². The second-order valence-electron chi connectivity index (χ2n) is 3.92. The summed E-state index contributed by atoms with van der Waals surface area (Å²) in [5, 5.41) is 9.41. The number of aromatic nitrogens is 1. The van der Waals surface area contributed by atoms with Crippen molar-refractivity contribution in [2.45, 2.75) is 12.8 Å². The summed E-state index contributed by atoms with van der Waals surface area (Å²) in [5.41, 5.74) is 7.27. The lowest BCUT2D eigenvalue weighted by Crippen LogP contribution is -2.38. The monoisotopic (exact) mass is 242 g/mol. The van der Waals surface area contributed by atoms with E-state index in [4.69, 9.17) is 5.26 Å². The number of nitriles is 1. The highest BCUT2D eigenvalue weighted by Gasteiger charge is 2.07. The van der Waals surface area contributed by atoms with Crippen molar-refractivity contribution in [2.75, 3.05) is 6.54 Å². The lowest BCUT2D eigenvalue weighted by molar-refractivity contribution is -0.121. The van der Waals surface area contributed by atoms with Gasteiger partial charge in [-0.2, -0.15) is 5.26 Å². The highest BCUT2D eigenvalue weighted by atomic mass is 16.2. The molecule has 1 aromatic carbocycles. The Kier molecular flexibility index (Phi) is 3.94. The third-order valence-corrected chi connectivity index (χ3v) is 2.62. The predicted molar refractivity (Wildman–Crippen MR) is 68.4 cm³/mol. The maximum atomic E-state index is 11.6. The van der Waals surface area contributed by atoms with Crippen LogP contribution in [0.5, 0.6) is 0 Å². The van der Waals surface area contributed by atoms with Crippen molar-refractivity contribution in [1.29, 1.82) is 5.26 Å². The number of amides is 1. The summed E-state index contributed by atoms with van der Waals surface area (Å²) >= 11 is 0. The van der Waals surface area contributed by atoms with Crippen molar-refractivity contribution < 1.29 is 4.79 Å². The normalized spacial score (nSPS) is 10.2. The van der Waals surface area contributed by atoms with Gasteiger partial charge in [0.1, 0.15) is 0 Å². The number of fused-ring (bicyclic) bond motifs is 1. The standard InChI is InChI=1S/C13H14N4O/c14-6-3-7-16-17-13(18)8-10-9-15-12-5-2-1-4-11(10)12/h1-2,4-5,9,15-16H,3,7-8H2,(H,17,18). The molecule has 0 unspecified atom stereocenters. The first-order valence-corrected chi connectivity index (χ1v) is 5.75. The number of H-pyrrole nitrogens is 1. The van der Waals surface area contributed by atoms with Crippen LogP contribution in [0.2, 0.25) is 0 Å². The zero-order valence-electron chi connectivity index (χ0n) is 9.86. The van der Waals surface area contributed by atoms with Crippen LogP contribution in [0.25, 0.3) is 10.9 Å². The largest absolute Gasteiger partial charge is 0.361 e. The van der Waals surface area contributed by atoms with Crippen molar-refractivity contribution in [3.63, 3.8) is 0 Å². The third kappa shape index (κ3) is 2.87. The van der Waals surface area contributed by atoms with Crippen LogP contribution in [0.15, 0.2) is 30.5 Å². The molecule has 0 aliphatic heterocycles. The van der Waals surface area contributed by atoms with Gasteiger partial charge in [-0.15, -0.1) is 0 Å². The van der Waals surface area contributed by atoms with Crippen LogP contribution in [-0.2, 0) is 11.2 Å². The minimum Gasteiger partial charge on any atom is -0.361 e. The number of benzene rings is 1. The van der Waals surface area contributed by atoms with Gasteiger partial charge in [0.05, 0.1) is 12.5 Å². The molecule has 0 atom stereocenters. The summed E-state index contributed by atoms with van der Waals surface area (Å²) in [5.74, 6) is -0.113. The van der Waals surface area contributed by atoms with E-state index in [2.05, 4.69) is 15.8 Å². The van der Waals surface area contributed by atoms with Crippen LogP contribution in [0.3, 0.4) is 0 Å². The molecular formula is C13H14N4O. The van der Waals surface area contributed by atoms with E-state index >= 15 is 0 Å².